The second-order valence-corrected chi connectivity index (χ2v) is 10.4. The summed E-state index contributed by atoms with van der Waals surface area (Å²) in [5.41, 5.74) is 1.81. The Hall–Kier alpha value is -1.83. The number of ether oxygens (including phenoxy) is 4. The number of alkyl halides is 1. The van der Waals surface area contributed by atoms with Gasteiger partial charge in [0.25, 0.3) is 0 Å². The molecule has 1 saturated heterocycles. The monoisotopic (exact) mass is 485 g/mol. The summed E-state index contributed by atoms with van der Waals surface area (Å²) in [6.07, 6.45) is 2.17. The van der Waals surface area contributed by atoms with Gasteiger partial charge in [-0.15, -0.1) is 11.6 Å². The molecular weight excluding hydrogens is 454 g/mol. The summed E-state index contributed by atoms with van der Waals surface area (Å²) in [5.74, 6) is 1.05. The van der Waals surface area contributed by atoms with E-state index in [1.54, 1.807) is 14.2 Å². The minimum Gasteiger partial charge on any atom is -0.485 e. The van der Waals surface area contributed by atoms with Crippen molar-refractivity contribution < 1.29 is 24.1 Å². The maximum Gasteiger partial charge on any atom is 0.206 e. The molecule has 182 valence electrons. The second-order valence-electron chi connectivity index (χ2n) is 10.0. The SMILES string of the molecule is COC1(OC)CC[C@@]2(O)[C@H]3Cc4ccc(OCc5ccccc5)c5c4[C@@]2(CCN3CCCl)[C@H]1O5. The number of rotatable bonds is 7. The number of aliphatic hydroxyl groups is 1. The fourth-order valence-corrected chi connectivity index (χ4v) is 7.52. The molecule has 0 amide bonds. The van der Waals surface area contributed by atoms with Gasteiger partial charge >= 0.3 is 0 Å². The Morgan fingerprint density at radius 3 is 2.62 bits per heavy atom. The van der Waals surface area contributed by atoms with Crippen LogP contribution < -0.4 is 9.47 Å². The smallest absolute Gasteiger partial charge is 0.206 e. The summed E-state index contributed by atoms with van der Waals surface area (Å²) in [6, 6.07) is 14.3. The molecule has 2 aromatic carbocycles. The highest BCUT2D eigenvalue weighted by molar-refractivity contribution is 6.18. The van der Waals surface area contributed by atoms with Crippen molar-refractivity contribution in [2.75, 3.05) is 33.2 Å². The van der Waals surface area contributed by atoms with Gasteiger partial charge < -0.3 is 24.1 Å². The van der Waals surface area contributed by atoms with E-state index < -0.39 is 22.9 Å². The zero-order chi connectivity index (χ0) is 23.6. The Kier molecular flexibility index (Phi) is 5.39. The molecule has 1 spiro atoms. The van der Waals surface area contributed by atoms with E-state index in [0.717, 1.165) is 42.8 Å². The van der Waals surface area contributed by atoms with Crippen molar-refractivity contribution >= 4 is 11.6 Å². The van der Waals surface area contributed by atoms with Crippen molar-refractivity contribution in [2.24, 2.45) is 0 Å². The van der Waals surface area contributed by atoms with E-state index >= 15 is 0 Å². The van der Waals surface area contributed by atoms with E-state index in [-0.39, 0.29) is 6.04 Å². The fraction of sp³-hybridized carbons (Fsp3) is 0.556. The second kappa shape index (κ2) is 8.10. The van der Waals surface area contributed by atoms with Crippen molar-refractivity contribution in [3.63, 3.8) is 0 Å². The van der Waals surface area contributed by atoms with Crippen LogP contribution in [0.15, 0.2) is 42.5 Å². The minimum atomic E-state index is -0.959. The standard InChI is InChI=1S/C27H32ClNO5/c1-31-27(32-2)11-10-26(30)21-16-19-8-9-20(33-17-18-6-4-3-5-7-18)23-22(19)25(26,24(27)34-23)12-14-29(21)15-13-28/h3-9,21,24,30H,10-17H2,1-2H3/t21-,24-,25+,26-/m1/s1. The first kappa shape index (κ1) is 22.6. The van der Waals surface area contributed by atoms with Crippen molar-refractivity contribution in [1.29, 1.82) is 0 Å². The molecule has 2 aromatic rings. The zero-order valence-corrected chi connectivity index (χ0v) is 20.5. The third-order valence-electron chi connectivity index (χ3n) is 8.86. The number of hydrogen-bond acceptors (Lipinski definition) is 6. The third kappa shape index (κ3) is 2.83. The molecule has 34 heavy (non-hydrogen) atoms. The predicted octanol–water partition coefficient (Wildman–Crippen LogP) is 3.65. The molecule has 0 unspecified atom stereocenters. The van der Waals surface area contributed by atoms with Crippen LogP contribution in [-0.4, -0.2) is 66.7 Å². The van der Waals surface area contributed by atoms with E-state index in [2.05, 4.69) is 11.0 Å². The molecule has 4 atom stereocenters. The maximum atomic E-state index is 12.5. The zero-order valence-electron chi connectivity index (χ0n) is 19.8. The van der Waals surface area contributed by atoms with Crippen LogP contribution in [0.1, 0.15) is 36.0 Å². The summed E-state index contributed by atoms with van der Waals surface area (Å²) in [4.78, 5) is 2.36. The van der Waals surface area contributed by atoms with Gasteiger partial charge in [0.1, 0.15) is 6.61 Å². The van der Waals surface area contributed by atoms with Crippen LogP contribution in [0.2, 0.25) is 0 Å². The summed E-state index contributed by atoms with van der Waals surface area (Å²) >= 11 is 6.16. The van der Waals surface area contributed by atoms with Crippen molar-refractivity contribution in [1.82, 2.24) is 4.90 Å². The van der Waals surface area contributed by atoms with E-state index in [1.807, 2.05) is 36.4 Å². The average Bonchev–Trinajstić information content (AvgIpc) is 3.22. The Morgan fingerprint density at radius 1 is 1.09 bits per heavy atom. The number of hydrogen-bond donors (Lipinski definition) is 1. The number of halogens is 1. The van der Waals surface area contributed by atoms with Gasteiger partial charge in [-0.2, -0.15) is 0 Å². The first-order valence-corrected chi connectivity index (χ1v) is 12.7. The normalized spacial score (nSPS) is 32.7. The van der Waals surface area contributed by atoms with Crippen LogP contribution in [-0.2, 0) is 27.9 Å². The number of piperidine rings is 1. The van der Waals surface area contributed by atoms with E-state index in [9.17, 15) is 5.11 Å². The molecule has 2 aliphatic heterocycles. The molecular formula is C27H32ClNO5. The molecule has 2 fully saturated rings. The Morgan fingerprint density at radius 2 is 1.88 bits per heavy atom. The number of benzene rings is 2. The van der Waals surface area contributed by atoms with E-state index in [1.165, 1.54) is 5.56 Å². The lowest BCUT2D eigenvalue weighted by Gasteiger charge is -2.65. The molecule has 2 heterocycles. The van der Waals surface area contributed by atoms with Crippen LogP contribution in [0, 0.1) is 0 Å². The fourth-order valence-electron chi connectivity index (χ4n) is 7.30. The molecule has 1 saturated carbocycles. The lowest BCUT2D eigenvalue weighted by atomic mass is 9.48. The molecule has 4 aliphatic rings. The van der Waals surface area contributed by atoms with Crippen molar-refractivity contribution in [3.05, 3.63) is 59.2 Å². The molecule has 6 rings (SSSR count). The van der Waals surface area contributed by atoms with Crippen LogP contribution in [0.4, 0.5) is 0 Å². The largest absolute Gasteiger partial charge is 0.485 e. The van der Waals surface area contributed by atoms with Gasteiger partial charge in [-0.1, -0.05) is 36.4 Å². The summed E-state index contributed by atoms with van der Waals surface area (Å²) in [6.45, 7) is 2.05. The van der Waals surface area contributed by atoms with Crippen LogP contribution in [0.25, 0.3) is 0 Å². The molecule has 6 nitrogen and oxygen atoms in total. The Labute approximate surface area is 205 Å². The minimum absolute atomic E-state index is 0.0210. The highest BCUT2D eigenvalue weighted by Gasteiger charge is 2.76. The molecule has 7 heteroatoms. The first-order valence-electron chi connectivity index (χ1n) is 12.2. The quantitative estimate of drug-likeness (QED) is 0.477. The lowest BCUT2D eigenvalue weighted by Crippen LogP contribution is -2.79. The predicted molar refractivity (Wildman–Crippen MR) is 129 cm³/mol. The van der Waals surface area contributed by atoms with Gasteiger partial charge in [0.05, 0.1) is 11.0 Å². The van der Waals surface area contributed by atoms with Gasteiger partial charge in [-0.3, -0.25) is 4.90 Å². The molecule has 1 N–H and O–H groups in total. The van der Waals surface area contributed by atoms with E-state index in [4.69, 9.17) is 30.5 Å². The molecule has 2 bridgehead atoms. The lowest BCUT2D eigenvalue weighted by molar-refractivity contribution is -0.319. The van der Waals surface area contributed by atoms with Gasteiger partial charge in [0.2, 0.25) is 5.79 Å². The first-order chi connectivity index (χ1) is 16.5. The highest BCUT2D eigenvalue weighted by atomic mass is 35.5. The Bertz CT molecular complexity index is 1080. The average molecular weight is 486 g/mol. The summed E-state index contributed by atoms with van der Waals surface area (Å²) in [5, 5.41) is 12.5. The summed E-state index contributed by atoms with van der Waals surface area (Å²) in [7, 11) is 3.35. The third-order valence-corrected chi connectivity index (χ3v) is 9.03. The van der Waals surface area contributed by atoms with Crippen molar-refractivity contribution in [3.8, 4) is 11.5 Å². The molecule has 0 aromatic heterocycles. The van der Waals surface area contributed by atoms with Gasteiger partial charge in [-0.05, 0) is 43.0 Å². The summed E-state index contributed by atoms with van der Waals surface area (Å²) < 4.78 is 25.1. The van der Waals surface area contributed by atoms with Gasteiger partial charge in [0.15, 0.2) is 17.6 Å². The maximum absolute atomic E-state index is 12.5. The number of nitrogens with zero attached hydrogens (tertiary/aromatic N) is 1. The van der Waals surface area contributed by atoms with Crippen LogP contribution in [0.5, 0.6) is 11.5 Å². The highest BCUT2D eigenvalue weighted by Crippen LogP contribution is 2.67. The van der Waals surface area contributed by atoms with E-state index in [0.29, 0.717) is 31.1 Å². The van der Waals surface area contributed by atoms with Gasteiger partial charge in [0, 0.05) is 44.7 Å². The Balaban J connectivity index is 1.49. The number of methoxy groups -OCH3 is 2. The van der Waals surface area contributed by atoms with Crippen LogP contribution >= 0.6 is 11.6 Å². The molecule has 2 aliphatic carbocycles. The molecule has 0 radical (unpaired) electrons. The van der Waals surface area contributed by atoms with Crippen LogP contribution in [0.3, 0.4) is 0 Å². The van der Waals surface area contributed by atoms with Gasteiger partial charge in [-0.25, -0.2) is 0 Å². The number of likely N-dealkylation sites (tertiary alicyclic amines) is 1. The van der Waals surface area contributed by atoms with Crippen molar-refractivity contribution in [2.45, 2.75) is 61.2 Å². The topological polar surface area (TPSA) is 60.4 Å².